The van der Waals surface area contributed by atoms with Gasteiger partial charge in [-0.2, -0.15) is 4.98 Å². The van der Waals surface area contributed by atoms with E-state index in [9.17, 15) is 9.90 Å². The number of ether oxygens (including phenoxy) is 1. The second-order valence-electron chi connectivity index (χ2n) is 3.57. The average Bonchev–Trinajstić information content (AvgIpc) is 2.25. The quantitative estimate of drug-likeness (QED) is 0.820. The maximum atomic E-state index is 11.5. The van der Waals surface area contributed by atoms with Crippen LogP contribution in [-0.2, 0) is 10.3 Å². The van der Waals surface area contributed by atoms with Crippen molar-refractivity contribution in [2.75, 3.05) is 6.61 Å². The monoisotopic (exact) mass is 338 g/mol. The molecule has 1 heterocycles. The van der Waals surface area contributed by atoms with E-state index in [1.807, 2.05) is 20.8 Å². The number of aromatic hydroxyl groups is 1. The molecule has 1 aromatic heterocycles. The molecular weight excluding hydrogens is 323 g/mol. The summed E-state index contributed by atoms with van der Waals surface area (Å²) in [7, 11) is 0. The van der Waals surface area contributed by atoms with Gasteiger partial charge in [-0.3, -0.25) is 4.79 Å². The number of hydrogen-bond donors (Lipinski definition) is 2. The molecule has 1 aromatic rings. The van der Waals surface area contributed by atoms with Crippen LogP contribution in [-0.4, -0.2) is 21.7 Å². The van der Waals surface area contributed by atoms with Gasteiger partial charge in [0.15, 0.2) is 0 Å². The first kappa shape index (κ1) is 13.4. The number of H-pyrrole nitrogens is 1. The summed E-state index contributed by atoms with van der Waals surface area (Å²) in [6.07, 6.45) is 0.657. The van der Waals surface area contributed by atoms with Crippen LogP contribution >= 0.6 is 22.6 Å². The van der Waals surface area contributed by atoms with Crippen molar-refractivity contribution in [3.8, 4) is 5.88 Å². The van der Waals surface area contributed by atoms with Crippen molar-refractivity contribution in [1.29, 1.82) is 0 Å². The number of aromatic amines is 1. The van der Waals surface area contributed by atoms with E-state index in [4.69, 9.17) is 4.74 Å². The SMILES string of the molecule is CCOC(C)(CC)c1nc(O)c(I)c(=O)[nH]1. The standard InChI is InChI=1S/C10H15IN2O3/c1-4-10(3,16-5-2)9-12-7(14)6(11)8(15)13-9/h4-5H2,1-3H3,(H2,12,13,14,15). The summed E-state index contributed by atoms with van der Waals surface area (Å²) < 4.78 is 5.76. The second-order valence-corrected chi connectivity index (χ2v) is 4.65. The van der Waals surface area contributed by atoms with Crippen LogP contribution in [0.15, 0.2) is 4.79 Å². The third-order valence-electron chi connectivity index (χ3n) is 2.48. The van der Waals surface area contributed by atoms with Crippen LogP contribution in [0, 0.1) is 3.57 Å². The molecule has 1 unspecified atom stereocenters. The molecule has 0 radical (unpaired) electrons. The molecular formula is C10H15IN2O3. The molecule has 0 saturated carbocycles. The molecule has 0 amide bonds. The Bertz CT molecular complexity index is 433. The summed E-state index contributed by atoms with van der Waals surface area (Å²) in [5, 5.41) is 9.51. The fourth-order valence-corrected chi connectivity index (χ4v) is 1.61. The molecule has 16 heavy (non-hydrogen) atoms. The van der Waals surface area contributed by atoms with E-state index in [1.165, 1.54) is 0 Å². The molecule has 0 spiro atoms. The number of rotatable bonds is 4. The molecule has 5 nitrogen and oxygen atoms in total. The number of nitrogens with zero attached hydrogens (tertiary/aromatic N) is 1. The van der Waals surface area contributed by atoms with Gasteiger partial charge in [0.05, 0.1) is 0 Å². The van der Waals surface area contributed by atoms with Crippen molar-refractivity contribution in [3.63, 3.8) is 0 Å². The van der Waals surface area contributed by atoms with Gasteiger partial charge >= 0.3 is 0 Å². The summed E-state index contributed by atoms with van der Waals surface area (Å²) in [4.78, 5) is 18.1. The molecule has 90 valence electrons. The summed E-state index contributed by atoms with van der Waals surface area (Å²) in [6, 6.07) is 0. The molecule has 1 rings (SSSR count). The first-order chi connectivity index (χ1) is 7.44. The Balaban J connectivity index is 3.27. The van der Waals surface area contributed by atoms with E-state index in [2.05, 4.69) is 9.97 Å². The Morgan fingerprint density at radius 2 is 2.19 bits per heavy atom. The van der Waals surface area contributed by atoms with Crippen LogP contribution in [0.4, 0.5) is 0 Å². The molecule has 0 saturated heterocycles. The molecule has 2 N–H and O–H groups in total. The third kappa shape index (κ3) is 2.54. The van der Waals surface area contributed by atoms with Crippen molar-refractivity contribution in [1.82, 2.24) is 9.97 Å². The van der Waals surface area contributed by atoms with E-state index in [-0.39, 0.29) is 15.0 Å². The number of halogens is 1. The molecule has 6 heteroatoms. The minimum atomic E-state index is -0.671. The zero-order valence-corrected chi connectivity index (χ0v) is 11.7. The lowest BCUT2D eigenvalue weighted by Crippen LogP contribution is -2.31. The van der Waals surface area contributed by atoms with E-state index >= 15 is 0 Å². The van der Waals surface area contributed by atoms with Crippen molar-refractivity contribution in [2.45, 2.75) is 32.8 Å². The van der Waals surface area contributed by atoms with Gasteiger partial charge in [0, 0.05) is 6.61 Å². The Labute approximate surface area is 107 Å². The minimum Gasteiger partial charge on any atom is -0.492 e. The largest absolute Gasteiger partial charge is 0.492 e. The van der Waals surface area contributed by atoms with E-state index < -0.39 is 5.60 Å². The topological polar surface area (TPSA) is 75.2 Å². The van der Waals surface area contributed by atoms with Crippen LogP contribution < -0.4 is 5.56 Å². The fraction of sp³-hybridized carbons (Fsp3) is 0.600. The lowest BCUT2D eigenvalue weighted by atomic mass is 10.0. The van der Waals surface area contributed by atoms with Crippen LogP contribution in [0.1, 0.15) is 33.0 Å². The third-order valence-corrected chi connectivity index (χ3v) is 3.46. The van der Waals surface area contributed by atoms with Crippen LogP contribution in [0.2, 0.25) is 0 Å². The molecule has 0 aliphatic heterocycles. The van der Waals surface area contributed by atoms with Crippen molar-refractivity contribution in [3.05, 3.63) is 19.7 Å². The molecule has 0 bridgehead atoms. The van der Waals surface area contributed by atoms with Gasteiger partial charge in [-0.1, -0.05) is 6.92 Å². The highest BCUT2D eigenvalue weighted by Crippen LogP contribution is 2.26. The van der Waals surface area contributed by atoms with E-state index in [0.29, 0.717) is 18.9 Å². The maximum Gasteiger partial charge on any atom is 0.268 e. The summed E-state index contributed by atoms with van der Waals surface area (Å²) in [6.45, 7) is 6.16. The summed E-state index contributed by atoms with van der Waals surface area (Å²) in [5.74, 6) is 0.110. The van der Waals surface area contributed by atoms with Crippen molar-refractivity contribution in [2.24, 2.45) is 0 Å². The van der Waals surface area contributed by atoms with Gasteiger partial charge in [0.2, 0.25) is 5.88 Å². The fourth-order valence-electron chi connectivity index (χ4n) is 1.35. The first-order valence-electron chi connectivity index (χ1n) is 5.07. The van der Waals surface area contributed by atoms with Crippen molar-refractivity contribution < 1.29 is 9.84 Å². The number of hydrogen-bond acceptors (Lipinski definition) is 4. The highest BCUT2D eigenvalue weighted by Gasteiger charge is 2.29. The van der Waals surface area contributed by atoms with Gasteiger partial charge in [0.1, 0.15) is 15.0 Å². The number of aromatic nitrogens is 2. The van der Waals surface area contributed by atoms with Gasteiger partial charge in [-0.15, -0.1) is 0 Å². The zero-order chi connectivity index (χ0) is 12.3. The average molecular weight is 338 g/mol. The first-order valence-corrected chi connectivity index (χ1v) is 6.15. The predicted octanol–water partition coefficient (Wildman–Crippen LogP) is 1.74. The lowest BCUT2D eigenvalue weighted by Gasteiger charge is -2.26. The van der Waals surface area contributed by atoms with Crippen LogP contribution in [0.3, 0.4) is 0 Å². The highest BCUT2D eigenvalue weighted by atomic mass is 127. The Morgan fingerprint density at radius 3 is 2.62 bits per heavy atom. The lowest BCUT2D eigenvalue weighted by molar-refractivity contribution is -0.0396. The smallest absolute Gasteiger partial charge is 0.268 e. The molecule has 0 fully saturated rings. The molecule has 0 aliphatic carbocycles. The minimum absolute atomic E-state index is 0.191. The normalized spacial score (nSPS) is 14.8. The molecule has 1 atom stereocenters. The highest BCUT2D eigenvalue weighted by molar-refractivity contribution is 14.1. The maximum absolute atomic E-state index is 11.5. The summed E-state index contributed by atoms with van der Waals surface area (Å²) >= 11 is 1.75. The van der Waals surface area contributed by atoms with E-state index in [1.54, 1.807) is 22.6 Å². The number of nitrogens with one attached hydrogen (secondary N) is 1. The zero-order valence-electron chi connectivity index (χ0n) is 9.50. The molecule has 0 aromatic carbocycles. The van der Waals surface area contributed by atoms with E-state index in [0.717, 1.165) is 0 Å². The van der Waals surface area contributed by atoms with Gasteiger partial charge in [0.25, 0.3) is 5.56 Å². The second kappa shape index (κ2) is 5.13. The summed E-state index contributed by atoms with van der Waals surface area (Å²) in [5.41, 5.74) is -1.02. The van der Waals surface area contributed by atoms with Crippen molar-refractivity contribution >= 4 is 22.6 Å². The van der Waals surface area contributed by atoms with Gasteiger partial charge in [-0.05, 0) is 42.9 Å². The van der Waals surface area contributed by atoms with Crippen LogP contribution in [0.5, 0.6) is 5.88 Å². The predicted molar refractivity (Wildman–Crippen MR) is 68.5 cm³/mol. The Kier molecular flexibility index (Phi) is 4.31. The Hall–Kier alpha value is -0.630. The van der Waals surface area contributed by atoms with Gasteiger partial charge < -0.3 is 14.8 Å². The van der Waals surface area contributed by atoms with Crippen LogP contribution in [0.25, 0.3) is 0 Å². The Morgan fingerprint density at radius 1 is 1.56 bits per heavy atom. The molecule has 0 aliphatic rings. The van der Waals surface area contributed by atoms with Gasteiger partial charge in [-0.25, -0.2) is 0 Å².